The van der Waals surface area contributed by atoms with Gasteiger partial charge >= 0.3 is 0 Å². The van der Waals surface area contributed by atoms with Gasteiger partial charge in [0.1, 0.15) is 0 Å². The Balaban J connectivity index is 0.00000100. The van der Waals surface area contributed by atoms with Gasteiger partial charge in [-0.2, -0.15) is 5.10 Å². The second-order valence-corrected chi connectivity index (χ2v) is 6.29. The molecule has 128 valence electrons. The van der Waals surface area contributed by atoms with Crippen molar-refractivity contribution in [2.75, 3.05) is 11.9 Å². The van der Waals surface area contributed by atoms with Gasteiger partial charge in [-0.15, -0.1) is 0 Å². The number of hydrogen-bond acceptors (Lipinski definition) is 5. The van der Waals surface area contributed by atoms with E-state index in [-0.39, 0.29) is 0 Å². The highest BCUT2D eigenvalue weighted by molar-refractivity contribution is 6.29. The number of imidazole rings is 1. The van der Waals surface area contributed by atoms with Crippen LogP contribution in [0.2, 0.25) is 5.15 Å². The first kappa shape index (κ1) is 18.2. The zero-order valence-corrected chi connectivity index (χ0v) is 14.7. The van der Waals surface area contributed by atoms with Crippen molar-refractivity contribution in [1.29, 1.82) is 0 Å². The SMILES string of the molecule is Cc1ccc(-c2cnc3c(NCC(C)C)cc(Cl)nn23)cc1.NO. The summed E-state index contributed by atoms with van der Waals surface area (Å²) in [7, 11) is 0. The van der Waals surface area contributed by atoms with E-state index in [0.717, 1.165) is 29.1 Å². The summed E-state index contributed by atoms with van der Waals surface area (Å²) in [5, 5.41) is 14.7. The summed E-state index contributed by atoms with van der Waals surface area (Å²) in [5.41, 5.74) is 4.93. The second-order valence-electron chi connectivity index (χ2n) is 5.90. The Hall–Kier alpha value is -2.15. The Morgan fingerprint density at radius 2 is 1.92 bits per heavy atom. The van der Waals surface area contributed by atoms with Gasteiger partial charge in [0.25, 0.3) is 0 Å². The Bertz CT molecular complexity index is 799. The molecular formula is C17H22ClN5O. The lowest BCUT2D eigenvalue weighted by Gasteiger charge is -2.10. The first-order valence-corrected chi connectivity index (χ1v) is 8.03. The largest absolute Gasteiger partial charge is 0.382 e. The molecule has 3 aromatic rings. The van der Waals surface area contributed by atoms with Crippen LogP contribution in [-0.2, 0) is 0 Å². The van der Waals surface area contributed by atoms with Crippen molar-refractivity contribution in [3.05, 3.63) is 47.2 Å². The highest BCUT2D eigenvalue weighted by Gasteiger charge is 2.12. The van der Waals surface area contributed by atoms with Gasteiger partial charge in [0.05, 0.1) is 17.6 Å². The lowest BCUT2D eigenvalue weighted by Crippen LogP contribution is -2.10. The minimum atomic E-state index is 0.449. The number of benzene rings is 1. The van der Waals surface area contributed by atoms with Crippen molar-refractivity contribution in [2.45, 2.75) is 20.8 Å². The number of halogens is 1. The summed E-state index contributed by atoms with van der Waals surface area (Å²) in [6.07, 6.45) is 1.84. The predicted octanol–water partition coefficient (Wildman–Crippen LogP) is 3.76. The van der Waals surface area contributed by atoms with E-state index in [9.17, 15) is 0 Å². The molecule has 0 saturated carbocycles. The molecule has 0 atom stereocenters. The molecule has 0 unspecified atom stereocenters. The summed E-state index contributed by atoms with van der Waals surface area (Å²) in [6.45, 7) is 7.26. The number of nitrogens with two attached hydrogens (primary N) is 1. The zero-order valence-electron chi connectivity index (χ0n) is 14.0. The van der Waals surface area contributed by atoms with E-state index in [1.807, 2.05) is 12.3 Å². The van der Waals surface area contributed by atoms with Gasteiger partial charge < -0.3 is 10.5 Å². The van der Waals surface area contributed by atoms with Crippen LogP contribution in [0, 0.1) is 12.8 Å². The van der Waals surface area contributed by atoms with Crippen LogP contribution in [0.25, 0.3) is 16.9 Å². The first-order valence-electron chi connectivity index (χ1n) is 7.65. The van der Waals surface area contributed by atoms with Crippen molar-refractivity contribution in [1.82, 2.24) is 14.6 Å². The van der Waals surface area contributed by atoms with Crippen LogP contribution in [0.3, 0.4) is 0 Å². The van der Waals surface area contributed by atoms with E-state index in [2.05, 4.69) is 66.3 Å². The standard InChI is InChI=1S/C17H19ClN4.H3NO/c1-11(2)9-19-14-8-16(18)21-22-15(10-20-17(14)22)13-6-4-12(3)5-7-13;1-2/h4-8,10-11,19H,9H2,1-3H3;2H,1H2. The van der Waals surface area contributed by atoms with Crippen molar-refractivity contribution in [3.8, 4) is 11.3 Å². The molecule has 2 aromatic heterocycles. The number of nitrogens with one attached hydrogen (secondary N) is 1. The Morgan fingerprint density at radius 1 is 1.25 bits per heavy atom. The topological polar surface area (TPSA) is 88.5 Å². The Labute approximate surface area is 146 Å². The molecule has 1 aromatic carbocycles. The molecule has 0 amide bonds. The molecule has 24 heavy (non-hydrogen) atoms. The molecule has 0 aliphatic heterocycles. The maximum Gasteiger partial charge on any atom is 0.177 e. The lowest BCUT2D eigenvalue weighted by atomic mass is 10.1. The van der Waals surface area contributed by atoms with Gasteiger partial charge in [-0.05, 0) is 12.8 Å². The minimum absolute atomic E-state index is 0.449. The van der Waals surface area contributed by atoms with E-state index in [1.54, 1.807) is 4.52 Å². The van der Waals surface area contributed by atoms with Gasteiger partial charge in [0.15, 0.2) is 10.8 Å². The summed E-state index contributed by atoms with van der Waals surface area (Å²) in [6, 6.07) is 10.1. The van der Waals surface area contributed by atoms with E-state index in [0.29, 0.717) is 11.1 Å². The number of fused-ring (bicyclic) bond motifs is 1. The molecule has 0 bridgehead atoms. The van der Waals surface area contributed by atoms with Gasteiger partial charge in [-0.25, -0.2) is 15.4 Å². The van der Waals surface area contributed by atoms with Crippen molar-refractivity contribution in [2.24, 2.45) is 11.8 Å². The van der Waals surface area contributed by atoms with E-state index < -0.39 is 0 Å². The quantitative estimate of drug-likeness (QED) is 0.625. The molecule has 4 N–H and O–H groups in total. The number of rotatable bonds is 4. The lowest BCUT2D eigenvalue weighted by molar-refractivity contribution is 0.311. The van der Waals surface area contributed by atoms with Crippen LogP contribution in [0.4, 0.5) is 5.69 Å². The molecule has 3 rings (SSSR count). The molecule has 0 spiro atoms. The van der Waals surface area contributed by atoms with Crippen molar-refractivity contribution in [3.63, 3.8) is 0 Å². The first-order chi connectivity index (χ1) is 11.5. The number of aryl methyl sites for hydroxylation is 1. The number of aromatic nitrogens is 3. The maximum absolute atomic E-state index is 6.50. The summed E-state index contributed by atoms with van der Waals surface area (Å²) in [5.74, 6) is 4.04. The van der Waals surface area contributed by atoms with Gasteiger partial charge in [-0.3, -0.25) is 0 Å². The summed E-state index contributed by atoms with van der Waals surface area (Å²) < 4.78 is 1.80. The fourth-order valence-corrected chi connectivity index (χ4v) is 2.49. The highest BCUT2D eigenvalue weighted by Crippen LogP contribution is 2.26. The van der Waals surface area contributed by atoms with Crippen LogP contribution in [0.5, 0.6) is 0 Å². The fraction of sp³-hybridized carbons (Fsp3) is 0.294. The monoisotopic (exact) mass is 347 g/mol. The average Bonchev–Trinajstić information content (AvgIpc) is 2.99. The van der Waals surface area contributed by atoms with E-state index in [1.165, 1.54) is 5.56 Å². The summed E-state index contributed by atoms with van der Waals surface area (Å²) >= 11 is 6.18. The molecule has 2 heterocycles. The molecule has 6 nitrogen and oxygen atoms in total. The highest BCUT2D eigenvalue weighted by atomic mass is 35.5. The zero-order chi connectivity index (χ0) is 17.7. The average molecular weight is 348 g/mol. The van der Waals surface area contributed by atoms with E-state index >= 15 is 0 Å². The fourth-order valence-electron chi connectivity index (χ4n) is 2.30. The molecule has 0 radical (unpaired) electrons. The Kier molecular flexibility index (Phi) is 6.14. The van der Waals surface area contributed by atoms with Crippen molar-refractivity contribution < 1.29 is 5.21 Å². The normalized spacial score (nSPS) is 10.6. The van der Waals surface area contributed by atoms with Crippen LogP contribution in [0.15, 0.2) is 36.5 Å². The number of hydrogen-bond donors (Lipinski definition) is 3. The maximum atomic E-state index is 6.50. The molecular weight excluding hydrogens is 326 g/mol. The molecule has 0 aliphatic rings. The Morgan fingerprint density at radius 3 is 2.54 bits per heavy atom. The van der Waals surface area contributed by atoms with Gasteiger partial charge in [-0.1, -0.05) is 55.3 Å². The smallest absolute Gasteiger partial charge is 0.177 e. The van der Waals surface area contributed by atoms with Gasteiger partial charge in [0.2, 0.25) is 0 Å². The number of nitrogens with zero attached hydrogens (tertiary/aromatic N) is 3. The van der Waals surface area contributed by atoms with Crippen LogP contribution >= 0.6 is 11.6 Å². The van der Waals surface area contributed by atoms with Crippen molar-refractivity contribution >= 4 is 22.9 Å². The molecule has 0 aliphatic carbocycles. The minimum Gasteiger partial charge on any atom is -0.382 e. The molecule has 0 fully saturated rings. The summed E-state index contributed by atoms with van der Waals surface area (Å²) in [4.78, 5) is 4.52. The van der Waals surface area contributed by atoms with Crippen LogP contribution < -0.4 is 11.2 Å². The second kappa shape index (κ2) is 8.10. The third-order valence-electron chi connectivity index (χ3n) is 3.49. The van der Waals surface area contributed by atoms with Crippen LogP contribution in [0.1, 0.15) is 19.4 Å². The van der Waals surface area contributed by atoms with E-state index in [4.69, 9.17) is 16.8 Å². The molecule has 0 saturated heterocycles. The number of anilines is 1. The third kappa shape index (κ3) is 4.03. The molecule has 7 heteroatoms. The van der Waals surface area contributed by atoms with Crippen LogP contribution in [-0.4, -0.2) is 26.4 Å². The van der Waals surface area contributed by atoms with Gasteiger partial charge in [0, 0.05) is 18.2 Å². The third-order valence-corrected chi connectivity index (χ3v) is 3.67. The predicted molar refractivity (Wildman–Crippen MR) is 97.5 cm³/mol.